The third kappa shape index (κ3) is 3.22. The lowest BCUT2D eigenvalue weighted by molar-refractivity contribution is 0.0532. The van der Waals surface area contributed by atoms with Crippen LogP contribution in [0.5, 0.6) is 0 Å². The standard InChI is InChI=1S/C16H14ClFN2O3/c17-12-1-2-13(14(18)9-12)16(22)20-6-4-19(5-7-20)15(21)11-3-8-23-10-11/h1-3,8-10H,4-7H2. The van der Waals surface area contributed by atoms with E-state index in [1.807, 2.05) is 0 Å². The summed E-state index contributed by atoms with van der Waals surface area (Å²) in [5.41, 5.74) is 0.470. The van der Waals surface area contributed by atoms with E-state index in [4.69, 9.17) is 16.0 Å². The Hall–Kier alpha value is -2.34. The number of piperazine rings is 1. The molecule has 3 rings (SSSR count). The molecule has 1 aromatic heterocycles. The lowest BCUT2D eigenvalue weighted by Gasteiger charge is -2.34. The van der Waals surface area contributed by atoms with Crippen molar-refractivity contribution in [2.45, 2.75) is 0 Å². The Morgan fingerprint density at radius 2 is 1.70 bits per heavy atom. The second-order valence-electron chi connectivity index (χ2n) is 5.22. The maximum Gasteiger partial charge on any atom is 0.257 e. The van der Waals surface area contributed by atoms with Gasteiger partial charge in [0.05, 0.1) is 17.4 Å². The highest BCUT2D eigenvalue weighted by atomic mass is 35.5. The summed E-state index contributed by atoms with van der Waals surface area (Å²) < 4.78 is 18.7. The molecule has 0 radical (unpaired) electrons. The van der Waals surface area contributed by atoms with Gasteiger partial charge in [-0.2, -0.15) is 0 Å². The molecule has 0 N–H and O–H groups in total. The van der Waals surface area contributed by atoms with Crippen LogP contribution < -0.4 is 0 Å². The average molecular weight is 337 g/mol. The monoisotopic (exact) mass is 336 g/mol. The molecule has 0 bridgehead atoms. The summed E-state index contributed by atoms with van der Waals surface area (Å²) in [6, 6.07) is 5.58. The van der Waals surface area contributed by atoms with Gasteiger partial charge >= 0.3 is 0 Å². The first-order valence-electron chi connectivity index (χ1n) is 7.12. The van der Waals surface area contributed by atoms with E-state index in [9.17, 15) is 14.0 Å². The van der Waals surface area contributed by atoms with Crippen LogP contribution in [0, 0.1) is 5.82 Å². The van der Waals surface area contributed by atoms with Crippen LogP contribution in [-0.2, 0) is 0 Å². The van der Waals surface area contributed by atoms with E-state index in [0.717, 1.165) is 6.07 Å². The molecule has 1 aliphatic heterocycles. The fourth-order valence-corrected chi connectivity index (χ4v) is 2.67. The molecule has 0 saturated carbocycles. The highest BCUT2D eigenvalue weighted by Gasteiger charge is 2.27. The SMILES string of the molecule is O=C(c1ccoc1)N1CCN(C(=O)c2ccc(Cl)cc2F)CC1. The molecule has 0 atom stereocenters. The lowest BCUT2D eigenvalue weighted by atomic mass is 10.1. The fourth-order valence-electron chi connectivity index (χ4n) is 2.51. The number of carbonyl (C=O) groups is 2. The minimum atomic E-state index is -0.639. The smallest absolute Gasteiger partial charge is 0.257 e. The predicted molar refractivity (Wildman–Crippen MR) is 81.9 cm³/mol. The van der Waals surface area contributed by atoms with Crippen molar-refractivity contribution in [2.75, 3.05) is 26.2 Å². The van der Waals surface area contributed by atoms with E-state index in [2.05, 4.69) is 0 Å². The van der Waals surface area contributed by atoms with Crippen molar-refractivity contribution in [2.24, 2.45) is 0 Å². The van der Waals surface area contributed by atoms with Crippen LogP contribution in [0.4, 0.5) is 4.39 Å². The van der Waals surface area contributed by atoms with Gasteiger partial charge in [0.1, 0.15) is 12.1 Å². The fraction of sp³-hybridized carbons (Fsp3) is 0.250. The van der Waals surface area contributed by atoms with Crippen LogP contribution in [0.3, 0.4) is 0 Å². The van der Waals surface area contributed by atoms with Crippen molar-refractivity contribution in [3.63, 3.8) is 0 Å². The van der Waals surface area contributed by atoms with Gasteiger partial charge in [-0.1, -0.05) is 11.6 Å². The molecule has 23 heavy (non-hydrogen) atoms. The number of amides is 2. The topological polar surface area (TPSA) is 53.8 Å². The summed E-state index contributed by atoms with van der Waals surface area (Å²) in [7, 11) is 0. The first kappa shape index (κ1) is 15.6. The van der Waals surface area contributed by atoms with Gasteiger partial charge in [0.15, 0.2) is 0 Å². The number of hydrogen-bond donors (Lipinski definition) is 0. The van der Waals surface area contributed by atoms with Gasteiger partial charge in [0.2, 0.25) is 0 Å². The first-order chi connectivity index (χ1) is 11.1. The summed E-state index contributed by atoms with van der Waals surface area (Å²) in [6.45, 7) is 1.49. The summed E-state index contributed by atoms with van der Waals surface area (Å²) in [4.78, 5) is 27.7. The Kier molecular flexibility index (Phi) is 4.34. The Morgan fingerprint density at radius 3 is 2.26 bits per heavy atom. The van der Waals surface area contributed by atoms with Gasteiger partial charge in [-0.15, -0.1) is 0 Å². The van der Waals surface area contributed by atoms with E-state index < -0.39 is 11.7 Å². The molecule has 0 aliphatic carbocycles. The Balaban J connectivity index is 1.64. The molecule has 5 nitrogen and oxygen atoms in total. The molecule has 0 spiro atoms. The van der Waals surface area contributed by atoms with E-state index in [1.165, 1.54) is 29.6 Å². The lowest BCUT2D eigenvalue weighted by Crippen LogP contribution is -2.50. The molecule has 2 heterocycles. The van der Waals surface area contributed by atoms with Gasteiger partial charge < -0.3 is 14.2 Å². The Morgan fingerprint density at radius 1 is 1.04 bits per heavy atom. The number of furan rings is 1. The van der Waals surface area contributed by atoms with Crippen LogP contribution in [0.25, 0.3) is 0 Å². The van der Waals surface area contributed by atoms with Crippen LogP contribution in [0.15, 0.2) is 41.2 Å². The highest BCUT2D eigenvalue weighted by molar-refractivity contribution is 6.30. The zero-order valence-corrected chi connectivity index (χ0v) is 12.9. The molecule has 1 saturated heterocycles. The highest BCUT2D eigenvalue weighted by Crippen LogP contribution is 2.18. The van der Waals surface area contributed by atoms with Crippen molar-refractivity contribution < 1.29 is 18.4 Å². The van der Waals surface area contributed by atoms with Crippen LogP contribution in [-0.4, -0.2) is 47.8 Å². The van der Waals surface area contributed by atoms with Gasteiger partial charge in [-0.3, -0.25) is 9.59 Å². The zero-order chi connectivity index (χ0) is 16.4. The van der Waals surface area contributed by atoms with Gasteiger partial charge in [0, 0.05) is 31.2 Å². The molecular formula is C16H14ClFN2O3. The molecule has 1 fully saturated rings. The number of benzene rings is 1. The molecule has 1 aliphatic rings. The minimum Gasteiger partial charge on any atom is -0.472 e. The molecule has 2 aromatic rings. The number of nitrogens with zero attached hydrogens (tertiary/aromatic N) is 2. The number of carbonyl (C=O) groups excluding carboxylic acids is 2. The number of rotatable bonds is 2. The average Bonchev–Trinajstić information content (AvgIpc) is 3.08. The summed E-state index contributed by atoms with van der Waals surface area (Å²) in [5, 5.41) is 0.245. The summed E-state index contributed by atoms with van der Waals surface area (Å²) >= 11 is 5.69. The Bertz CT molecular complexity index is 725. The molecule has 120 valence electrons. The van der Waals surface area contributed by atoms with E-state index in [-0.39, 0.29) is 16.5 Å². The third-order valence-electron chi connectivity index (χ3n) is 3.78. The van der Waals surface area contributed by atoms with Crippen molar-refractivity contribution in [3.05, 3.63) is 58.8 Å². The Labute approximate surface area is 137 Å². The molecule has 7 heteroatoms. The maximum atomic E-state index is 13.8. The van der Waals surface area contributed by atoms with E-state index in [0.29, 0.717) is 31.7 Å². The second-order valence-corrected chi connectivity index (χ2v) is 5.66. The quantitative estimate of drug-likeness (QED) is 0.847. The number of hydrogen-bond acceptors (Lipinski definition) is 3. The van der Waals surface area contributed by atoms with Crippen molar-refractivity contribution >= 4 is 23.4 Å². The van der Waals surface area contributed by atoms with E-state index >= 15 is 0 Å². The summed E-state index contributed by atoms with van der Waals surface area (Å²) in [5.74, 6) is -1.17. The van der Waals surface area contributed by atoms with Crippen molar-refractivity contribution in [1.82, 2.24) is 9.80 Å². The van der Waals surface area contributed by atoms with Gasteiger partial charge in [0.25, 0.3) is 11.8 Å². The van der Waals surface area contributed by atoms with Crippen molar-refractivity contribution in [3.8, 4) is 0 Å². The van der Waals surface area contributed by atoms with E-state index in [1.54, 1.807) is 11.0 Å². The predicted octanol–water partition coefficient (Wildman–Crippen LogP) is 2.67. The molecule has 1 aromatic carbocycles. The van der Waals surface area contributed by atoms with Crippen LogP contribution in [0.2, 0.25) is 5.02 Å². The number of halogens is 2. The maximum absolute atomic E-state index is 13.8. The first-order valence-corrected chi connectivity index (χ1v) is 7.50. The minimum absolute atomic E-state index is 0.0102. The molecule has 0 unspecified atom stereocenters. The largest absolute Gasteiger partial charge is 0.472 e. The second kappa shape index (κ2) is 6.42. The van der Waals surface area contributed by atoms with Gasteiger partial charge in [-0.05, 0) is 24.3 Å². The van der Waals surface area contributed by atoms with Crippen molar-refractivity contribution in [1.29, 1.82) is 0 Å². The zero-order valence-electron chi connectivity index (χ0n) is 12.2. The third-order valence-corrected chi connectivity index (χ3v) is 4.02. The van der Waals surface area contributed by atoms with Crippen LogP contribution >= 0.6 is 11.6 Å². The molecule has 2 amide bonds. The molecular weight excluding hydrogens is 323 g/mol. The van der Waals surface area contributed by atoms with Crippen LogP contribution in [0.1, 0.15) is 20.7 Å². The van der Waals surface area contributed by atoms with Gasteiger partial charge in [-0.25, -0.2) is 4.39 Å². The normalized spacial score (nSPS) is 14.9. The summed E-state index contributed by atoms with van der Waals surface area (Å²) in [6.07, 6.45) is 2.83.